The maximum absolute atomic E-state index is 5.83. The number of aryl methyl sites for hydroxylation is 1. The maximum atomic E-state index is 5.83. The number of imidazole rings is 1. The van der Waals surface area contributed by atoms with Crippen molar-refractivity contribution < 1.29 is 4.74 Å². The molecule has 0 radical (unpaired) electrons. The molecule has 1 aromatic heterocycles. The number of fused-ring (bicyclic) bond motifs is 1. The van der Waals surface area contributed by atoms with Crippen molar-refractivity contribution in [3.8, 4) is 0 Å². The molecule has 1 fully saturated rings. The summed E-state index contributed by atoms with van der Waals surface area (Å²) in [6.45, 7) is 2.98. The molecule has 1 aliphatic rings. The van der Waals surface area contributed by atoms with Gasteiger partial charge in [-0.1, -0.05) is 15.9 Å². The van der Waals surface area contributed by atoms with E-state index in [0.29, 0.717) is 0 Å². The lowest BCUT2D eigenvalue weighted by atomic mass is 10.1. The third-order valence-corrected chi connectivity index (χ3v) is 3.75. The molecule has 3 nitrogen and oxygen atoms in total. The minimum Gasteiger partial charge on any atom is -0.358 e. The Balaban J connectivity index is 2.10. The van der Waals surface area contributed by atoms with Crippen LogP contribution in [0.2, 0.25) is 0 Å². The van der Waals surface area contributed by atoms with Gasteiger partial charge < -0.3 is 9.30 Å². The molecule has 2 aromatic rings. The Morgan fingerprint density at radius 2 is 2.29 bits per heavy atom. The van der Waals surface area contributed by atoms with E-state index in [2.05, 4.69) is 44.5 Å². The van der Waals surface area contributed by atoms with E-state index < -0.39 is 0 Å². The van der Waals surface area contributed by atoms with Crippen LogP contribution in [0.4, 0.5) is 0 Å². The summed E-state index contributed by atoms with van der Waals surface area (Å²) in [4.78, 5) is 4.47. The monoisotopic (exact) mass is 294 g/mol. The van der Waals surface area contributed by atoms with Crippen LogP contribution in [0.1, 0.15) is 31.1 Å². The fraction of sp³-hybridized carbons (Fsp3) is 0.462. The molecule has 1 unspecified atom stereocenters. The smallest absolute Gasteiger partial charge is 0.135 e. The highest BCUT2D eigenvalue weighted by Gasteiger charge is 2.18. The van der Waals surface area contributed by atoms with Crippen molar-refractivity contribution >= 4 is 27.0 Å². The van der Waals surface area contributed by atoms with Crippen LogP contribution in [0, 0.1) is 6.92 Å². The van der Waals surface area contributed by atoms with Gasteiger partial charge in [-0.15, -0.1) is 0 Å². The van der Waals surface area contributed by atoms with Gasteiger partial charge in [0.1, 0.15) is 6.23 Å². The van der Waals surface area contributed by atoms with Crippen molar-refractivity contribution in [2.24, 2.45) is 0 Å². The average molecular weight is 295 g/mol. The Kier molecular flexibility index (Phi) is 2.92. The lowest BCUT2D eigenvalue weighted by Crippen LogP contribution is -2.17. The van der Waals surface area contributed by atoms with Gasteiger partial charge in [0.15, 0.2) is 0 Å². The summed E-state index contributed by atoms with van der Waals surface area (Å²) in [7, 11) is 0. The second kappa shape index (κ2) is 4.42. The molecule has 1 saturated heterocycles. The Morgan fingerprint density at radius 1 is 1.41 bits per heavy atom. The van der Waals surface area contributed by atoms with E-state index in [-0.39, 0.29) is 6.23 Å². The van der Waals surface area contributed by atoms with Gasteiger partial charge in [-0.25, -0.2) is 4.98 Å². The fourth-order valence-electron chi connectivity index (χ4n) is 2.50. The number of aromatic nitrogens is 2. The predicted molar refractivity (Wildman–Crippen MR) is 71.0 cm³/mol. The van der Waals surface area contributed by atoms with E-state index in [1.807, 2.05) is 6.33 Å². The molecule has 1 aliphatic heterocycles. The van der Waals surface area contributed by atoms with Crippen molar-refractivity contribution in [2.75, 3.05) is 6.61 Å². The van der Waals surface area contributed by atoms with Crippen LogP contribution in [-0.4, -0.2) is 16.2 Å². The standard InChI is InChI=1S/C13H15BrN2O/c1-9-6-10(14)7-11-13(9)16(8-15-11)12-4-2-3-5-17-12/h6-8,12H,2-5H2,1H3. The summed E-state index contributed by atoms with van der Waals surface area (Å²) >= 11 is 3.51. The van der Waals surface area contributed by atoms with Crippen LogP contribution in [0.25, 0.3) is 11.0 Å². The summed E-state index contributed by atoms with van der Waals surface area (Å²) in [5, 5.41) is 0. The molecule has 3 rings (SSSR count). The van der Waals surface area contributed by atoms with Gasteiger partial charge in [0.25, 0.3) is 0 Å². The van der Waals surface area contributed by atoms with Gasteiger partial charge in [0, 0.05) is 11.1 Å². The largest absolute Gasteiger partial charge is 0.358 e. The summed E-state index contributed by atoms with van der Waals surface area (Å²) in [5.74, 6) is 0. The summed E-state index contributed by atoms with van der Waals surface area (Å²) in [6, 6.07) is 4.19. The molecule has 4 heteroatoms. The summed E-state index contributed by atoms with van der Waals surface area (Å²) < 4.78 is 9.08. The molecule has 0 bridgehead atoms. The zero-order valence-corrected chi connectivity index (χ0v) is 11.4. The van der Waals surface area contributed by atoms with E-state index >= 15 is 0 Å². The first-order valence-electron chi connectivity index (χ1n) is 6.00. The number of rotatable bonds is 1. The summed E-state index contributed by atoms with van der Waals surface area (Å²) in [6.07, 6.45) is 5.56. The highest BCUT2D eigenvalue weighted by atomic mass is 79.9. The molecule has 0 amide bonds. The van der Waals surface area contributed by atoms with Crippen molar-refractivity contribution in [1.82, 2.24) is 9.55 Å². The average Bonchev–Trinajstić information content (AvgIpc) is 2.74. The highest BCUT2D eigenvalue weighted by Crippen LogP contribution is 2.29. The van der Waals surface area contributed by atoms with Crippen LogP contribution < -0.4 is 0 Å². The molecule has 17 heavy (non-hydrogen) atoms. The van der Waals surface area contributed by atoms with Gasteiger partial charge in [-0.3, -0.25) is 0 Å². The molecule has 1 aromatic carbocycles. The Morgan fingerprint density at radius 3 is 3.06 bits per heavy atom. The molecular formula is C13H15BrN2O. The number of benzene rings is 1. The predicted octanol–water partition coefficient (Wildman–Crippen LogP) is 3.81. The van der Waals surface area contributed by atoms with Crippen molar-refractivity contribution in [1.29, 1.82) is 0 Å². The third kappa shape index (κ3) is 2.00. The molecule has 0 saturated carbocycles. The van der Waals surface area contributed by atoms with Crippen LogP contribution in [0.15, 0.2) is 22.9 Å². The molecule has 2 heterocycles. The van der Waals surface area contributed by atoms with E-state index in [1.165, 1.54) is 23.9 Å². The zero-order chi connectivity index (χ0) is 11.8. The number of nitrogens with zero attached hydrogens (tertiary/aromatic N) is 2. The number of halogens is 1. The quantitative estimate of drug-likeness (QED) is 0.800. The van der Waals surface area contributed by atoms with Gasteiger partial charge in [0.2, 0.25) is 0 Å². The van der Waals surface area contributed by atoms with E-state index in [4.69, 9.17) is 4.74 Å². The SMILES string of the molecule is Cc1cc(Br)cc2ncn(C3CCCCO3)c12. The lowest BCUT2D eigenvalue weighted by Gasteiger charge is -2.24. The van der Waals surface area contributed by atoms with E-state index in [0.717, 1.165) is 23.0 Å². The first-order chi connectivity index (χ1) is 8.25. The molecular weight excluding hydrogens is 280 g/mol. The van der Waals surface area contributed by atoms with Crippen molar-refractivity contribution in [3.05, 3.63) is 28.5 Å². The first-order valence-corrected chi connectivity index (χ1v) is 6.79. The minimum absolute atomic E-state index is 0.161. The van der Waals surface area contributed by atoms with Crippen molar-refractivity contribution in [2.45, 2.75) is 32.4 Å². The minimum atomic E-state index is 0.161. The van der Waals surface area contributed by atoms with Crippen LogP contribution in [0.3, 0.4) is 0 Å². The molecule has 0 N–H and O–H groups in total. The van der Waals surface area contributed by atoms with Crippen LogP contribution >= 0.6 is 15.9 Å². The van der Waals surface area contributed by atoms with Gasteiger partial charge in [-0.2, -0.15) is 0 Å². The molecule has 1 atom stereocenters. The topological polar surface area (TPSA) is 27.1 Å². The van der Waals surface area contributed by atoms with Crippen LogP contribution in [-0.2, 0) is 4.74 Å². The molecule has 0 aliphatic carbocycles. The normalized spacial score (nSPS) is 20.9. The number of ether oxygens (including phenoxy) is 1. The van der Waals surface area contributed by atoms with Gasteiger partial charge in [-0.05, 0) is 43.9 Å². The van der Waals surface area contributed by atoms with Crippen molar-refractivity contribution in [3.63, 3.8) is 0 Å². The Bertz CT molecular complexity index is 544. The second-order valence-corrected chi connectivity index (χ2v) is 5.48. The Labute approximate surface area is 109 Å². The number of hydrogen-bond acceptors (Lipinski definition) is 2. The first kappa shape index (κ1) is 11.2. The Hall–Kier alpha value is -0.870. The molecule has 0 spiro atoms. The highest BCUT2D eigenvalue weighted by molar-refractivity contribution is 9.10. The fourth-order valence-corrected chi connectivity index (χ4v) is 3.06. The number of hydrogen-bond donors (Lipinski definition) is 0. The summed E-state index contributed by atoms with van der Waals surface area (Å²) in [5.41, 5.74) is 3.46. The maximum Gasteiger partial charge on any atom is 0.135 e. The van der Waals surface area contributed by atoms with Gasteiger partial charge >= 0.3 is 0 Å². The van der Waals surface area contributed by atoms with E-state index in [1.54, 1.807) is 0 Å². The second-order valence-electron chi connectivity index (χ2n) is 4.56. The third-order valence-electron chi connectivity index (χ3n) is 3.29. The zero-order valence-electron chi connectivity index (χ0n) is 9.82. The van der Waals surface area contributed by atoms with Gasteiger partial charge in [0.05, 0.1) is 17.4 Å². The van der Waals surface area contributed by atoms with Crippen LogP contribution in [0.5, 0.6) is 0 Å². The lowest BCUT2D eigenvalue weighted by molar-refractivity contribution is -0.0295. The molecule has 90 valence electrons. The van der Waals surface area contributed by atoms with E-state index in [9.17, 15) is 0 Å².